The number of hydrogen-bond acceptors (Lipinski definition) is 4. The molecule has 0 aromatic rings. The molecule has 0 unspecified atom stereocenters. The summed E-state index contributed by atoms with van der Waals surface area (Å²) >= 11 is 0. The maximum atomic E-state index is 10.3. The normalized spacial score (nSPS) is 18.1. The standard InChI is InChI=1S/C7H13NO4/c1-6(9)8-12-3-2-7-10-4-5-11-7/h7H,2-5H2,1H3,(H,8,9). The van der Waals surface area contributed by atoms with Crippen molar-refractivity contribution in [1.82, 2.24) is 5.48 Å². The third-order valence-corrected chi connectivity index (χ3v) is 1.36. The first-order chi connectivity index (χ1) is 5.79. The van der Waals surface area contributed by atoms with Crippen molar-refractivity contribution in [2.75, 3.05) is 19.8 Å². The zero-order chi connectivity index (χ0) is 8.81. The molecule has 1 saturated heterocycles. The van der Waals surface area contributed by atoms with Gasteiger partial charge in [0.1, 0.15) is 0 Å². The zero-order valence-electron chi connectivity index (χ0n) is 7.04. The smallest absolute Gasteiger partial charge is 0.240 e. The average Bonchev–Trinajstić information content (AvgIpc) is 2.49. The minimum atomic E-state index is -0.205. The molecule has 1 heterocycles. The molecule has 5 nitrogen and oxygen atoms in total. The predicted molar refractivity (Wildman–Crippen MR) is 40.1 cm³/mol. The van der Waals surface area contributed by atoms with Gasteiger partial charge in [-0.2, -0.15) is 0 Å². The van der Waals surface area contributed by atoms with Gasteiger partial charge in [-0.25, -0.2) is 5.48 Å². The Kier molecular flexibility index (Phi) is 3.99. The molecule has 0 atom stereocenters. The van der Waals surface area contributed by atoms with Gasteiger partial charge in [-0.15, -0.1) is 0 Å². The number of rotatable bonds is 4. The molecule has 0 aromatic carbocycles. The summed E-state index contributed by atoms with van der Waals surface area (Å²) in [4.78, 5) is 15.1. The van der Waals surface area contributed by atoms with E-state index in [9.17, 15) is 4.79 Å². The van der Waals surface area contributed by atoms with Crippen LogP contribution < -0.4 is 5.48 Å². The Morgan fingerprint density at radius 1 is 1.58 bits per heavy atom. The van der Waals surface area contributed by atoms with Crippen LogP contribution in [0.5, 0.6) is 0 Å². The Morgan fingerprint density at radius 3 is 2.83 bits per heavy atom. The maximum Gasteiger partial charge on any atom is 0.240 e. The molecule has 1 amide bonds. The van der Waals surface area contributed by atoms with Crippen LogP contribution in [-0.2, 0) is 19.1 Å². The number of amides is 1. The van der Waals surface area contributed by atoms with E-state index in [1.165, 1.54) is 6.92 Å². The van der Waals surface area contributed by atoms with Gasteiger partial charge in [0, 0.05) is 13.3 Å². The van der Waals surface area contributed by atoms with E-state index < -0.39 is 0 Å². The second-order valence-electron chi connectivity index (χ2n) is 2.47. The molecule has 0 radical (unpaired) electrons. The highest BCUT2D eigenvalue weighted by Crippen LogP contribution is 2.06. The van der Waals surface area contributed by atoms with E-state index in [2.05, 4.69) is 5.48 Å². The number of carbonyl (C=O) groups excluding carboxylic acids is 1. The second-order valence-corrected chi connectivity index (χ2v) is 2.47. The van der Waals surface area contributed by atoms with Crippen LogP contribution in [-0.4, -0.2) is 32.0 Å². The van der Waals surface area contributed by atoms with Gasteiger partial charge < -0.3 is 9.47 Å². The van der Waals surface area contributed by atoms with Crippen molar-refractivity contribution in [3.63, 3.8) is 0 Å². The van der Waals surface area contributed by atoms with Gasteiger partial charge in [0.05, 0.1) is 19.8 Å². The third kappa shape index (κ3) is 3.66. The van der Waals surface area contributed by atoms with E-state index in [1.807, 2.05) is 0 Å². The van der Waals surface area contributed by atoms with Crippen molar-refractivity contribution >= 4 is 5.91 Å². The molecule has 1 N–H and O–H groups in total. The minimum absolute atomic E-state index is 0.168. The number of hydrogen-bond donors (Lipinski definition) is 1. The van der Waals surface area contributed by atoms with Gasteiger partial charge in [-0.05, 0) is 0 Å². The van der Waals surface area contributed by atoms with Crippen LogP contribution in [0.25, 0.3) is 0 Å². The minimum Gasteiger partial charge on any atom is -0.350 e. The van der Waals surface area contributed by atoms with E-state index in [0.29, 0.717) is 26.2 Å². The molecule has 0 aromatic heterocycles. The van der Waals surface area contributed by atoms with Crippen molar-refractivity contribution in [3.05, 3.63) is 0 Å². The molecule has 1 aliphatic rings. The fourth-order valence-corrected chi connectivity index (χ4v) is 0.882. The molecule has 0 saturated carbocycles. The molecule has 0 spiro atoms. The van der Waals surface area contributed by atoms with Crippen LogP contribution in [0.1, 0.15) is 13.3 Å². The van der Waals surface area contributed by atoms with Crippen LogP contribution in [0, 0.1) is 0 Å². The number of hydroxylamine groups is 1. The Hall–Kier alpha value is -0.650. The Balaban J connectivity index is 1.91. The number of carbonyl (C=O) groups is 1. The topological polar surface area (TPSA) is 56.8 Å². The third-order valence-electron chi connectivity index (χ3n) is 1.36. The summed E-state index contributed by atoms with van der Waals surface area (Å²) < 4.78 is 10.3. The molecule has 1 rings (SSSR count). The Morgan fingerprint density at radius 2 is 2.25 bits per heavy atom. The van der Waals surface area contributed by atoms with E-state index in [-0.39, 0.29) is 12.2 Å². The first kappa shape index (κ1) is 9.44. The van der Waals surface area contributed by atoms with E-state index in [1.54, 1.807) is 0 Å². The van der Waals surface area contributed by atoms with Crippen molar-refractivity contribution in [2.45, 2.75) is 19.6 Å². The Bertz CT molecular complexity index is 144. The summed E-state index contributed by atoms with van der Waals surface area (Å²) in [5.41, 5.74) is 2.22. The highest BCUT2D eigenvalue weighted by atomic mass is 16.7. The molecule has 12 heavy (non-hydrogen) atoms. The summed E-state index contributed by atoms with van der Waals surface area (Å²) in [6, 6.07) is 0. The molecule has 0 bridgehead atoms. The van der Waals surface area contributed by atoms with Gasteiger partial charge in [0.25, 0.3) is 0 Å². The fraction of sp³-hybridized carbons (Fsp3) is 0.857. The van der Waals surface area contributed by atoms with Crippen LogP contribution in [0.15, 0.2) is 0 Å². The molecule has 1 aliphatic heterocycles. The number of ether oxygens (including phenoxy) is 2. The van der Waals surface area contributed by atoms with Gasteiger partial charge in [-0.1, -0.05) is 0 Å². The summed E-state index contributed by atoms with van der Waals surface area (Å²) in [7, 11) is 0. The average molecular weight is 175 g/mol. The van der Waals surface area contributed by atoms with Gasteiger partial charge in [0.2, 0.25) is 5.91 Å². The lowest BCUT2D eigenvalue weighted by atomic mass is 10.4. The van der Waals surface area contributed by atoms with Crippen molar-refractivity contribution in [1.29, 1.82) is 0 Å². The van der Waals surface area contributed by atoms with Crippen LogP contribution in [0.2, 0.25) is 0 Å². The predicted octanol–water partition coefficient (Wildman–Crippen LogP) is -0.183. The van der Waals surface area contributed by atoms with Crippen LogP contribution in [0.4, 0.5) is 0 Å². The second kappa shape index (κ2) is 5.08. The lowest BCUT2D eigenvalue weighted by Crippen LogP contribution is -2.22. The summed E-state index contributed by atoms with van der Waals surface area (Å²) in [5.74, 6) is -0.205. The van der Waals surface area contributed by atoms with E-state index >= 15 is 0 Å². The first-order valence-corrected chi connectivity index (χ1v) is 3.90. The fourth-order valence-electron chi connectivity index (χ4n) is 0.882. The lowest BCUT2D eigenvalue weighted by Gasteiger charge is -2.08. The molecule has 0 aliphatic carbocycles. The van der Waals surface area contributed by atoms with Gasteiger partial charge in [0.15, 0.2) is 6.29 Å². The Labute approximate surface area is 70.9 Å². The highest BCUT2D eigenvalue weighted by molar-refractivity contribution is 5.71. The molecule has 70 valence electrons. The van der Waals surface area contributed by atoms with Crippen molar-refractivity contribution < 1.29 is 19.1 Å². The first-order valence-electron chi connectivity index (χ1n) is 3.90. The summed E-state index contributed by atoms with van der Waals surface area (Å²) in [5, 5.41) is 0. The number of nitrogens with one attached hydrogen (secondary N) is 1. The monoisotopic (exact) mass is 175 g/mol. The molecule has 1 fully saturated rings. The maximum absolute atomic E-state index is 10.3. The van der Waals surface area contributed by atoms with E-state index in [4.69, 9.17) is 14.3 Å². The molecule has 5 heteroatoms. The zero-order valence-corrected chi connectivity index (χ0v) is 7.04. The largest absolute Gasteiger partial charge is 0.350 e. The summed E-state index contributed by atoms with van der Waals surface area (Å²) in [6.07, 6.45) is 0.471. The van der Waals surface area contributed by atoms with Crippen LogP contribution in [0.3, 0.4) is 0 Å². The SMILES string of the molecule is CC(=O)NOCCC1OCCO1. The summed E-state index contributed by atoms with van der Waals surface area (Å²) in [6.45, 7) is 3.09. The highest BCUT2D eigenvalue weighted by Gasteiger charge is 2.14. The van der Waals surface area contributed by atoms with E-state index in [0.717, 1.165) is 0 Å². The van der Waals surface area contributed by atoms with Gasteiger partial charge >= 0.3 is 0 Å². The van der Waals surface area contributed by atoms with Crippen molar-refractivity contribution in [3.8, 4) is 0 Å². The van der Waals surface area contributed by atoms with Crippen LogP contribution >= 0.6 is 0 Å². The quantitative estimate of drug-likeness (QED) is 0.475. The van der Waals surface area contributed by atoms with Crippen molar-refractivity contribution in [2.24, 2.45) is 0 Å². The molecular formula is C7H13NO4. The lowest BCUT2D eigenvalue weighted by molar-refractivity contribution is -0.134. The van der Waals surface area contributed by atoms with Gasteiger partial charge in [-0.3, -0.25) is 9.63 Å². The molecular weight excluding hydrogens is 162 g/mol.